The number of aryl methyl sites for hydroxylation is 1. The van der Waals surface area contributed by atoms with E-state index in [2.05, 4.69) is 0 Å². The van der Waals surface area contributed by atoms with Gasteiger partial charge in [-0.1, -0.05) is 12.1 Å². The van der Waals surface area contributed by atoms with Gasteiger partial charge in [0.25, 0.3) is 11.8 Å². The van der Waals surface area contributed by atoms with Gasteiger partial charge in [0.15, 0.2) is 0 Å². The summed E-state index contributed by atoms with van der Waals surface area (Å²) in [6.45, 7) is 0. The van der Waals surface area contributed by atoms with Crippen molar-refractivity contribution in [3.63, 3.8) is 0 Å². The van der Waals surface area contributed by atoms with E-state index < -0.39 is 35.6 Å². The summed E-state index contributed by atoms with van der Waals surface area (Å²) in [4.78, 5) is 59.9. The van der Waals surface area contributed by atoms with E-state index >= 15 is 0 Å². The van der Waals surface area contributed by atoms with Crippen LogP contribution >= 0.6 is 0 Å². The van der Waals surface area contributed by atoms with Crippen molar-refractivity contribution in [2.24, 2.45) is 0 Å². The Bertz CT molecular complexity index is 793. The third-order valence-electron chi connectivity index (χ3n) is 4.38. The Balaban J connectivity index is 1.68. The van der Waals surface area contributed by atoms with Crippen molar-refractivity contribution in [1.29, 1.82) is 0 Å². The Morgan fingerprint density at radius 3 is 2.00 bits per heavy atom. The largest absolute Gasteiger partial charge is 0.548 e. The molecule has 8 heteroatoms. The summed E-state index contributed by atoms with van der Waals surface area (Å²) < 4.78 is 0. The number of likely N-dealkylation sites (tertiary alicyclic amines) is 1. The minimum Gasteiger partial charge on any atom is -0.548 e. The quantitative estimate of drug-likeness (QED) is 0.624. The molecule has 134 valence electrons. The molecule has 26 heavy (non-hydrogen) atoms. The lowest BCUT2D eigenvalue weighted by Crippen LogP contribution is -2.50. The first-order valence-corrected chi connectivity index (χ1v) is 8.09. The normalized spacial score (nSPS) is 18.2. The van der Waals surface area contributed by atoms with Crippen LogP contribution in [0.2, 0.25) is 0 Å². The van der Waals surface area contributed by atoms with Crippen LogP contribution in [0.25, 0.3) is 0 Å². The first kappa shape index (κ1) is 17.5. The number of anilines is 1. The van der Waals surface area contributed by atoms with Gasteiger partial charge in [0.1, 0.15) is 0 Å². The number of carbonyl (C=O) groups is 5. The highest BCUT2D eigenvalue weighted by molar-refractivity contribution is 6.28. The van der Waals surface area contributed by atoms with Crippen LogP contribution in [0, 0.1) is 0 Å². The van der Waals surface area contributed by atoms with Crippen molar-refractivity contribution >= 4 is 35.3 Å². The minimum absolute atomic E-state index is 0.0171. The van der Waals surface area contributed by atoms with Crippen LogP contribution in [0.4, 0.5) is 5.69 Å². The standard InChI is InChI=1S/C18H16N2O6/c21-14-7-8-15(22)19(14)12-4-1-11(2-5-12)3-6-13(18(25)26)20-16(23)9-10-17(20)24/h1-2,4-5,7-8,13H,3,6,9-10H2,(H,25,26)/p-1. The van der Waals surface area contributed by atoms with Crippen LogP contribution in [0.3, 0.4) is 0 Å². The van der Waals surface area contributed by atoms with Gasteiger partial charge in [-0.25, -0.2) is 4.90 Å². The molecule has 1 unspecified atom stereocenters. The predicted octanol–water partition coefficient (Wildman–Crippen LogP) is -0.684. The highest BCUT2D eigenvalue weighted by Gasteiger charge is 2.35. The highest BCUT2D eigenvalue weighted by atomic mass is 16.4. The molecule has 2 aliphatic rings. The number of amides is 4. The number of hydrogen-bond donors (Lipinski definition) is 0. The Kier molecular flexibility index (Phi) is 4.66. The molecule has 0 spiro atoms. The zero-order valence-electron chi connectivity index (χ0n) is 13.7. The fraction of sp³-hybridized carbons (Fsp3) is 0.278. The second-order valence-corrected chi connectivity index (χ2v) is 6.04. The number of rotatable bonds is 6. The molecule has 0 aromatic heterocycles. The molecule has 1 aromatic rings. The van der Waals surface area contributed by atoms with Gasteiger partial charge in [-0.05, 0) is 30.5 Å². The number of carboxylic acid groups (broad SMARTS) is 1. The minimum atomic E-state index is -1.47. The SMILES string of the molecule is O=C([O-])C(CCc1ccc(N2C(=O)C=CC2=O)cc1)N1C(=O)CCC1=O. The van der Waals surface area contributed by atoms with Crippen molar-refractivity contribution in [3.05, 3.63) is 42.0 Å². The van der Waals surface area contributed by atoms with Crippen molar-refractivity contribution in [3.8, 4) is 0 Å². The Morgan fingerprint density at radius 2 is 1.50 bits per heavy atom. The van der Waals surface area contributed by atoms with E-state index in [4.69, 9.17) is 0 Å². The van der Waals surface area contributed by atoms with Crippen LogP contribution in [0.15, 0.2) is 36.4 Å². The molecule has 0 aliphatic carbocycles. The Hall–Kier alpha value is -3.29. The molecular weight excluding hydrogens is 340 g/mol. The molecule has 1 saturated heterocycles. The molecular formula is C18H15N2O6-. The lowest BCUT2D eigenvalue weighted by Gasteiger charge is -2.27. The molecule has 2 aliphatic heterocycles. The Labute approximate surface area is 148 Å². The van der Waals surface area contributed by atoms with Crippen molar-refractivity contribution in [1.82, 2.24) is 4.90 Å². The zero-order valence-corrected chi connectivity index (χ0v) is 13.7. The molecule has 3 rings (SSSR count). The van der Waals surface area contributed by atoms with E-state index in [-0.39, 0.29) is 25.7 Å². The fourth-order valence-corrected chi connectivity index (χ4v) is 3.06. The van der Waals surface area contributed by atoms with E-state index in [9.17, 15) is 29.1 Å². The topological polar surface area (TPSA) is 115 Å². The van der Waals surface area contributed by atoms with Gasteiger partial charge < -0.3 is 9.90 Å². The van der Waals surface area contributed by atoms with Crippen LogP contribution < -0.4 is 10.0 Å². The average Bonchev–Trinajstić information content (AvgIpc) is 3.11. The maximum Gasteiger partial charge on any atom is 0.258 e. The summed E-state index contributed by atoms with van der Waals surface area (Å²) in [5.41, 5.74) is 1.15. The molecule has 1 aromatic carbocycles. The van der Waals surface area contributed by atoms with Crippen LogP contribution in [-0.4, -0.2) is 40.5 Å². The van der Waals surface area contributed by atoms with E-state index in [0.29, 0.717) is 5.69 Å². The summed E-state index contributed by atoms with van der Waals surface area (Å²) in [6, 6.07) is 5.18. The second kappa shape index (κ2) is 6.91. The summed E-state index contributed by atoms with van der Waals surface area (Å²) in [7, 11) is 0. The summed E-state index contributed by atoms with van der Waals surface area (Å²) in [5, 5.41) is 11.4. The van der Waals surface area contributed by atoms with Gasteiger partial charge in [-0.3, -0.25) is 24.1 Å². The molecule has 0 saturated carbocycles. The number of aliphatic carboxylic acids is 1. The monoisotopic (exact) mass is 355 g/mol. The van der Waals surface area contributed by atoms with Crippen LogP contribution in [-0.2, 0) is 30.4 Å². The maximum absolute atomic E-state index is 11.7. The number of imide groups is 2. The highest BCUT2D eigenvalue weighted by Crippen LogP contribution is 2.22. The van der Waals surface area contributed by atoms with Crippen molar-refractivity contribution in [2.45, 2.75) is 31.7 Å². The summed E-state index contributed by atoms with van der Waals surface area (Å²) >= 11 is 0. The number of hydrogen-bond acceptors (Lipinski definition) is 6. The fourth-order valence-electron chi connectivity index (χ4n) is 3.06. The Morgan fingerprint density at radius 1 is 0.962 bits per heavy atom. The van der Waals surface area contributed by atoms with Gasteiger partial charge in [-0.15, -0.1) is 0 Å². The molecule has 1 fully saturated rings. The summed E-state index contributed by atoms with van der Waals surface area (Å²) in [6.07, 6.45) is 2.72. The van der Waals surface area contributed by atoms with Crippen LogP contribution in [0.5, 0.6) is 0 Å². The molecule has 0 radical (unpaired) electrons. The number of carbonyl (C=O) groups excluding carboxylic acids is 5. The number of carboxylic acids is 1. The second-order valence-electron chi connectivity index (χ2n) is 6.04. The molecule has 4 amide bonds. The van der Waals surface area contributed by atoms with Gasteiger partial charge in [0.05, 0.1) is 17.7 Å². The smallest absolute Gasteiger partial charge is 0.258 e. The first-order chi connectivity index (χ1) is 12.4. The van der Waals surface area contributed by atoms with Crippen molar-refractivity contribution in [2.75, 3.05) is 4.90 Å². The van der Waals surface area contributed by atoms with Gasteiger partial charge in [0.2, 0.25) is 11.8 Å². The van der Waals surface area contributed by atoms with Gasteiger partial charge >= 0.3 is 0 Å². The zero-order chi connectivity index (χ0) is 18.8. The van der Waals surface area contributed by atoms with E-state index in [1.807, 2.05) is 0 Å². The van der Waals surface area contributed by atoms with Crippen LogP contribution in [0.1, 0.15) is 24.8 Å². The third-order valence-corrected chi connectivity index (χ3v) is 4.38. The lowest BCUT2D eigenvalue weighted by atomic mass is 10.0. The molecule has 0 bridgehead atoms. The molecule has 0 N–H and O–H groups in total. The van der Waals surface area contributed by atoms with E-state index in [1.165, 1.54) is 12.2 Å². The van der Waals surface area contributed by atoms with Gasteiger partial charge in [-0.2, -0.15) is 0 Å². The average molecular weight is 355 g/mol. The number of nitrogens with zero attached hydrogens (tertiary/aromatic N) is 2. The number of benzene rings is 1. The predicted molar refractivity (Wildman–Crippen MR) is 86.3 cm³/mol. The third kappa shape index (κ3) is 3.26. The summed E-state index contributed by atoms with van der Waals surface area (Å²) in [5.74, 6) is -3.32. The maximum atomic E-state index is 11.7. The molecule has 1 atom stereocenters. The molecule has 8 nitrogen and oxygen atoms in total. The van der Waals surface area contributed by atoms with E-state index in [0.717, 1.165) is 15.4 Å². The van der Waals surface area contributed by atoms with Gasteiger partial charge in [0, 0.05) is 25.0 Å². The van der Waals surface area contributed by atoms with E-state index in [1.54, 1.807) is 24.3 Å². The van der Waals surface area contributed by atoms with Crippen molar-refractivity contribution < 1.29 is 29.1 Å². The molecule has 2 heterocycles. The lowest BCUT2D eigenvalue weighted by molar-refractivity contribution is -0.311. The first-order valence-electron chi connectivity index (χ1n) is 8.09.